The number of azo groups is 1. The van der Waals surface area contributed by atoms with E-state index in [4.69, 9.17) is 0 Å². The number of aliphatic carboxylic acids is 1. The van der Waals surface area contributed by atoms with Gasteiger partial charge < -0.3 is 10.4 Å². The Morgan fingerprint density at radius 1 is 1.04 bits per heavy atom. The van der Waals surface area contributed by atoms with Crippen molar-refractivity contribution >= 4 is 30.3 Å². The van der Waals surface area contributed by atoms with Crippen molar-refractivity contribution in [1.82, 2.24) is 5.32 Å². The van der Waals surface area contributed by atoms with Crippen molar-refractivity contribution in [3.63, 3.8) is 0 Å². The Morgan fingerprint density at radius 2 is 1.71 bits per heavy atom. The first-order chi connectivity index (χ1) is 11.6. The van der Waals surface area contributed by atoms with Crippen molar-refractivity contribution < 1.29 is 14.7 Å². The molecule has 0 spiro atoms. The number of carboxylic acid groups (broad SMARTS) is 1. The summed E-state index contributed by atoms with van der Waals surface area (Å²) in [6.07, 6.45) is 0.175. The lowest BCUT2D eigenvalue weighted by atomic mass is 10.1. The molecule has 0 aliphatic carbocycles. The zero-order chi connectivity index (χ0) is 17.4. The second-order valence-electron chi connectivity index (χ2n) is 5.05. The molecule has 2 rings (SSSR count). The van der Waals surface area contributed by atoms with Crippen LogP contribution in [0.15, 0.2) is 64.8 Å². The number of hydrogen-bond donors (Lipinski definition) is 3. The van der Waals surface area contributed by atoms with Gasteiger partial charge in [0, 0.05) is 12.2 Å². The molecule has 0 fully saturated rings. The third-order valence-electron chi connectivity index (χ3n) is 3.25. The molecular weight excluding hydrogens is 326 g/mol. The number of carbonyl (C=O) groups is 2. The van der Waals surface area contributed by atoms with Gasteiger partial charge in [-0.2, -0.15) is 12.6 Å². The molecule has 124 valence electrons. The summed E-state index contributed by atoms with van der Waals surface area (Å²) in [5, 5.41) is 18.9. The van der Waals surface area contributed by atoms with Crippen molar-refractivity contribution in [2.75, 3.05) is 0 Å². The summed E-state index contributed by atoms with van der Waals surface area (Å²) in [7, 11) is 0. The van der Waals surface area contributed by atoms with Crippen molar-refractivity contribution in [3.05, 3.63) is 65.7 Å². The van der Waals surface area contributed by atoms with Crippen LogP contribution in [-0.4, -0.2) is 23.1 Å². The van der Waals surface area contributed by atoms with Crippen LogP contribution in [0.5, 0.6) is 0 Å². The zero-order valence-corrected chi connectivity index (χ0v) is 13.7. The van der Waals surface area contributed by atoms with E-state index in [0.29, 0.717) is 11.4 Å². The minimum absolute atomic E-state index is 0.175. The first-order valence-corrected chi connectivity index (χ1v) is 7.90. The van der Waals surface area contributed by atoms with Gasteiger partial charge in [0.2, 0.25) is 0 Å². The van der Waals surface area contributed by atoms with Gasteiger partial charge in [-0.3, -0.25) is 0 Å². The van der Waals surface area contributed by atoms with Crippen LogP contribution in [0.3, 0.4) is 0 Å². The smallest absolute Gasteiger partial charge is 0.360 e. The third kappa shape index (κ3) is 5.51. The number of nitrogens with one attached hydrogen (secondary N) is 1. The van der Waals surface area contributed by atoms with E-state index in [-0.39, 0.29) is 6.42 Å². The summed E-state index contributed by atoms with van der Waals surface area (Å²) in [5.41, 5.74) is 2.34. The van der Waals surface area contributed by atoms with E-state index < -0.39 is 18.0 Å². The Kier molecular flexibility index (Phi) is 6.51. The van der Waals surface area contributed by atoms with E-state index in [9.17, 15) is 14.7 Å². The lowest BCUT2D eigenvalue weighted by Crippen LogP contribution is -2.40. The van der Waals surface area contributed by atoms with Crippen molar-refractivity contribution in [2.45, 2.75) is 18.2 Å². The molecule has 1 unspecified atom stereocenters. The van der Waals surface area contributed by atoms with Crippen LogP contribution >= 0.6 is 12.6 Å². The molecule has 0 aliphatic rings. The average Bonchev–Trinajstić information content (AvgIpc) is 2.60. The number of benzene rings is 2. The molecule has 1 atom stereocenters. The number of carboxylic acids is 1. The maximum absolute atomic E-state index is 11.8. The minimum atomic E-state index is -1.12. The lowest BCUT2D eigenvalue weighted by Gasteiger charge is -2.12. The first kappa shape index (κ1) is 17.7. The summed E-state index contributed by atoms with van der Waals surface area (Å²) in [5.74, 6) is -0.516. The molecule has 2 aromatic carbocycles. The van der Waals surface area contributed by atoms with Crippen LogP contribution in [0.4, 0.5) is 10.5 Å². The van der Waals surface area contributed by atoms with Gasteiger partial charge in [0.05, 0.1) is 5.69 Å². The Morgan fingerprint density at radius 3 is 2.29 bits per heavy atom. The fraction of sp³-hybridized carbons (Fsp3) is 0.176. The quantitative estimate of drug-likeness (QED) is 0.553. The predicted octanol–water partition coefficient (Wildman–Crippen LogP) is 3.61. The maximum Gasteiger partial charge on any atom is 0.360 e. The summed E-state index contributed by atoms with van der Waals surface area (Å²) in [6.45, 7) is 0. The van der Waals surface area contributed by atoms with Crippen LogP contribution in [0.1, 0.15) is 11.1 Å². The van der Waals surface area contributed by atoms with E-state index in [0.717, 1.165) is 11.1 Å². The normalized spacial score (nSPS) is 12.0. The Balaban J connectivity index is 1.97. The summed E-state index contributed by atoms with van der Waals surface area (Å²) >= 11 is 4.15. The molecule has 7 heteroatoms. The van der Waals surface area contributed by atoms with Gasteiger partial charge in [-0.05, 0) is 23.3 Å². The highest BCUT2D eigenvalue weighted by Gasteiger charge is 2.20. The van der Waals surface area contributed by atoms with Crippen LogP contribution < -0.4 is 5.32 Å². The number of urea groups is 1. The highest BCUT2D eigenvalue weighted by molar-refractivity contribution is 7.79. The minimum Gasteiger partial charge on any atom is -0.480 e. The van der Waals surface area contributed by atoms with Gasteiger partial charge in [0.1, 0.15) is 6.04 Å². The summed E-state index contributed by atoms with van der Waals surface area (Å²) in [4.78, 5) is 23.1. The number of amides is 2. The van der Waals surface area contributed by atoms with Crippen molar-refractivity contribution in [2.24, 2.45) is 10.2 Å². The van der Waals surface area contributed by atoms with Gasteiger partial charge in [0.15, 0.2) is 0 Å². The van der Waals surface area contributed by atoms with Gasteiger partial charge in [0.25, 0.3) is 0 Å². The molecular formula is C17H17N3O3S. The van der Waals surface area contributed by atoms with E-state index in [1.165, 1.54) is 0 Å². The van der Waals surface area contributed by atoms with Crippen molar-refractivity contribution in [3.8, 4) is 0 Å². The largest absolute Gasteiger partial charge is 0.480 e. The second-order valence-corrected chi connectivity index (χ2v) is 5.37. The third-order valence-corrected chi connectivity index (χ3v) is 3.62. The first-order valence-electron chi connectivity index (χ1n) is 7.27. The molecule has 2 amide bonds. The van der Waals surface area contributed by atoms with Crippen LogP contribution in [0.25, 0.3) is 0 Å². The number of hydrogen-bond acceptors (Lipinski definition) is 4. The number of carbonyl (C=O) groups excluding carboxylic acids is 1. The fourth-order valence-electron chi connectivity index (χ4n) is 2.00. The van der Waals surface area contributed by atoms with Gasteiger partial charge in [-0.15, -0.1) is 5.11 Å². The monoisotopic (exact) mass is 343 g/mol. The number of nitrogens with zero attached hydrogens (tertiary/aromatic N) is 2. The predicted molar refractivity (Wildman–Crippen MR) is 93.7 cm³/mol. The molecule has 2 aromatic rings. The molecule has 0 radical (unpaired) electrons. The molecule has 6 nitrogen and oxygen atoms in total. The van der Waals surface area contributed by atoms with Crippen LogP contribution in [-0.2, 0) is 17.0 Å². The van der Waals surface area contributed by atoms with Gasteiger partial charge >= 0.3 is 12.0 Å². The molecule has 0 saturated heterocycles. The van der Waals surface area contributed by atoms with Crippen LogP contribution in [0, 0.1) is 0 Å². The van der Waals surface area contributed by atoms with E-state index in [1.54, 1.807) is 24.3 Å². The Bertz CT molecular complexity index is 718. The highest BCUT2D eigenvalue weighted by Crippen LogP contribution is 2.14. The standard InChI is InChI=1S/C17H17N3O3S/c21-16(22)15(10-12-4-2-1-3-5-12)18-17(23)20-19-14-8-6-13(11-24)7-9-14/h1-9,15,24H,10-11H2,(H,18,23)(H,21,22)/b20-19+. The molecule has 0 heterocycles. The average molecular weight is 343 g/mol. The van der Waals surface area contributed by atoms with Crippen molar-refractivity contribution in [1.29, 1.82) is 0 Å². The van der Waals surface area contributed by atoms with E-state index in [2.05, 4.69) is 28.2 Å². The molecule has 0 aromatic heterocycles. The number of rotatable bonds is 6. The lowest BCUT2D eigenvalue weighted by molar-refractivity contribution is -0.139. The van der Waals surface area contributed by atoms with E-state index >= 15 is 0 Å². The zero-order valence-electron chi connectivity index (χ0n) is 12.8. The second kappa shape index (κ2) is 8.83. The number of thiol groups is 1. The summed E-state index contributed by atoms with van der Waals surface area (Å²) < 4.78 is 0. The molecule has 0 aliphatic heterocycles. The Hall–Kier alpha value is -2.67. The van der Waals surface area contributed by atoms with E-state index in [1.807, 2.05) is 30.3 Å². The SMILES string of the molecule is O=C(/N=N/c1ccc(CS)cc1)NC(Cc1ccccc1)C(=O)O. The Labute approximate surface area is 145 Å². The summed E-state index contributed by atoms with van der Waals surface area (Å²) in [6, 6.07) is 14.3. The topological polar surface area (TPSA) is 91.1 Å². The van der Waals surface area contributed by atoms with Gasteiger partial charge in [-0.1, -0.05) is 47.6 Å². The molecule has 24 heavy (non-hydrogen) atoms. The molecule has 0 bridgehead atoms. The van der Waals surface area contributed by atoms with Gasteiger partial charge in [-0.25, -0.2) is 9.59 Å². The highest BCUT2D eigenvalue weighted by atomic mass is 32.1. The maximum atomic E-state index is 11.8. The molecule has 0 saturated carbocycles. The fourth-order valence-corrected chi connectivity index (χ4v) is 2.21. The van der Waals surface area contributed by atoms with Crippen LogP contribution in [0.2, 0.25) is 0 Å². The molecule has 2 N–H and O–H groups in total.